The summed E-state index contributed by atoms with van der Waals surface area (Å²) >= 11 is 7.38. The van der Waals surface area contributed by atoms with Crippen molar-refractivity contribution in [3.63, 3.8) is 0 Å². The minimum absolute atomic E-state index is 0.485. The van der Waals surface area contributed by atoms with E-state index in [4.69, 9.17) is 20.9 Å². The monoisotopic (exact) mass is 413 g/mol. The van der Waals surface area contributed by atoms with Crippen LogP contribution in [0, 0.1) is 0 Å². The molecule has 9 heteroatoms. The van der Waals surface area contributed by atoms with Crippen LogP contribution >= 0.6 is 23.4 Å². The van der Waals surface area contributed by atoms with Crippen LogP contribution in [0.15, 0.2) is 58.2 Å². The number of nitrogens with zero attached hydrogens (tertiary/aromatic N) is 5. The van der Waals surface area contributed by atoms with E-state index in [-0.39, 0.29) is 0 Å². The quantitative estimate of drug-likeness (QED) is 0.431. The SMILES string of the molecule is COc1ccccc1-c1nnc(SCc2nc(-c3ccc(Cl)cc3)no2)n1C. The molecule has 28 heavy (non-hydrogen) atoms. The third-order valence-electron chi connectivity index (χ3n) is 4.08. The lowest BCUT2D eigenvalue weighted by Gasteiger charge is -2.07. The Morgan fingerprint density at radius 3 is 2.68 bits per heavy atom. The van der Waals surface area contributed by atoms with Crippen molar-refractivity contribution in [2.24, 2.45) is 7.05 Å². The van der Waals surface area contributed by atoms with E-state index in [0.717, 1.165) is 27.9 Å². The number of hydrogen-bond acceptors (Lipinski definition) is 7. The molecule has 0 aliphatic heterocycles. The summed E-state index contributed by atoms with van der Waals surface area (Å²) in [5, 5.41) is 14.0. The summed E-state index contributed by atoms with van der Waals surface area (Å²) in [6.07, 6.45) is 0. The highest BCUT2D eigenvalue weighted by Crippen LogP contribution is 2.31. The standard InChI is InChI=1S/C19H16ClN5O2S/c1-25-18(14-5-3-4-6-15(14)26-2)22-23-19(25)28-11-16-21-17(24-27-16)12-7-9-13(20)10-8-12/h3-10H,11H2,1-2H3. The Balaban J connectivity index is 1.49. The molecule has 0 N–H and O–H groups in total. The number of hydrogen-bond donors (Lipinski definition) is 0. The van der Waals surface area contributed by atoms with Crippen molar-refractivity contribution in [2.75, 3.05) is 7.11 Å². The smallest absolute Gasteiger partial charge is 0.237 e. The molecule has 0 aliphatic carbocycles. The van der Waals surface area contributed by atoms with E-state index >= 15 is 0 Å². The lowest BCUT2D eigenvalue weighted by atomic mass is 10.2. The van der Waals surface area contributed by atoms with Gasteiger partial charge in [0.25, 0.3) is 0 Å². The van der Waals surface area contributed by atoms with Gasteiger partial charge in [0.1, 0.15) is 5.75 Å². The van der Waals surface area contributed by atoms with Gasteiger partial charge in [0, 0.05) is 17.6 Å². The van der Waals surface area contributed by atoms with Crippen molar-refractivity contribution in [3.8, 4) is 28.5 Å². The van der Waals surface area contributed by atoms with Crippen molar-refractivity contribution in [1.29, 1.82) is 0 Å². The predicted octanol–water partition coefficient (Wildman–Crippen LogP) is 4.49. The predicted molar refractivity (Wildman–Crippen MR) is 107 cm³/mol. The van der Waals surface area contributed by atoms with Gasteiger partial charge in [0.05, 0.1) is 18.4 Å². The molecule has 0 saturated carbocycles. The molecule has 0 atom stereocenters. The lowest BCUT2D eigenvalue weighted by molar-refractivity contribution is 0.391. The maximum Gasteiger partial charge on any atom is 0.237 e. The zero-order chi connectivity index (χ0) is 19.5. The van der Waals surface area contributed by atoms with Crippen LogP contribution in [0.5, 0.6) is 5.75 Å². The van der Waals surface area contributed by atoms with Crippen LogP contribution < -0.4 is 4.74 Å². The molecule has 4 rings (SSSR count). The highest BCUT2D eigenvalue weighted by atomic mass is 35.5. The number of halogens is 1. The first-order valence-corrected chi connectivity index (χ1v) is 9.76. The minimum Gasteiger partial charge on any atom is -0.496 e. The molecule has 0 unspecified atom stereocenters. The zero-order valence-electron chi connectivity index (χ0n) is 15.2. The Morgan fingerprint density at radius 1 is 1.11 bits per heavy atom. The number of benzene rings is 2. The first kappa shape index (κ1) is 18.5. The molecule has 4 aromatic rings. The van der Waals surface area contributed by atoms with Crippen LogP contribution in [0.3, 0.4) is 0 Å². The van der Waals surface area contributed by atoms with Crippen LogP contribution in [0.25, 0.3) is 22.8 Å². The van der Waals surface area contributed by atoms with Gasteiger partial charge >= 0.3 is 0 Å². The van der Waals surface area contributed by atoms with Crippen LogP contribution in [0.4, 0.5) is 0 Å². The fraction of sp³-hybridized carbons (Fsp3) is 0.158. The average molecular weight is 414 g/mol. The van der Waals surface area contributed by atoms with Crippen molar-refractivity contribution in [1.82, 2.24) is 24.9 Å². The molecule has 0 bridgehead atoms. The van der Waals surface area contributed by atoms with Crippen LogP contribution in [-0.2, 0) is 12.8 Å². The number of methoxy groups -OCH3 is 1. The number of ether oxygens (including phenoxy) is 1. The van der Waals surface area contributed by atoms with Gasteiger partial charge in [-0.25, -0.2) is 0 Å². The normalized spacial score (nSPS) is 11.0. The molecular formula is C19H16ClN5O2S. The second-order valence-electron chi connectivity index (χ2n) is 5.87. The van der Waals surface area contributed by atoms with Crippen LogP contribution in [-0.4, -0.2) is 32.0 Å². The lowest BCUT2D eigenvalue weighted by Crippen LogP contribution is -1.97. The van der Waals surface area contributed by atoms with E-state index < -0.39 is 0 Å². The number of para-hydroxylation sites is 1. The van der Waals surface area contributed by atoms with Gasteiger partial charge in [-0.2, -0.15) is 4.98 Å². The summed E-state index contributed by atoms with van der Waals surface area (Å²) in [6, 6.07) is 15.0. The summed E-state index contributed by atoms with van der Waals surface area (Å²) < 4.78 is 12.7. The van der Waals surface area contributed by atoms with E-state index in [1.165, 1.54) is 11.8 Å². The van der Waals surface area contributed by atoms with Gasteiger partial charge < -0.3 is 13.8 Å². The van der Waals surface area contributed by atoms with Gasteiger partial charge in [0.2, 0.25) is 11.7 Å². The van der Waals surface area contributed by atoms with E-state index in [1.807, 2.05) is 48.0 Å². The highest BCUT2D eigenvalue weighted by Gasteiger charge is 2.16. The molecule has 2 aromatic carbocycles. The zero-order valence-corrected chi connectivity index (χ0v) is 16.7. The first-order chi connectivity index (χ1) is 13.7. The second kappa shape index (κ2) is 8.04. The summed E-state index contributed by atoms with van der Waals surface area (Å²) in [6.45, 7) is 0. The molecule has 0 radical (unpaired) electrons. The number of aromatic nitrogens is 5. The average Bonchev–Trinajstić information content (AvgIpc) is 3.34. The number of thioether (sulfide) groups is 1. The third-order valence-corrected chi connectivity index (χ3v) is 5.34. The maximum atomic E-state index is 5.91. The Bertz CT molecular complexity index is 1090. The van der Waals surface area contributed by atoms with Gasteiger partial charge in [0.15, 0.2) is 11.0 Å². The van der Waals surface area contributed by atoms with Gasteiger partial charge in [-0.3, -0.25) is 0 Å². The Hall–Kier alpha value is -2.84. The molecule has 2 aromatic heterocycles. The molecule has 0 fully saturated rings. The van der Waals surface area contributed by atoms with Crippen molar-refractivity contribution >= 4 is 23.4 Å². The summed E-state index contributed by atoms with van der Waals surface area (Å²) in [7, 11) is 3.55. The number of rotatable bonds is 6. The van der Waals surface area contributed by atoms with E-state index in [1.54, 1.807) is 19.2 Å². The highest BCUT2D eigenvalue weighted by molar-refractivity contribution is 7.98. The van der Waals surface area contributed by atoms with Gasteiger partial charge in [-0.1, -0.05) is 40.7 Å². The topological polar surface area (TPSA) is 78.9 Å². The van der Waals surface area contributed by atoms with E-state index in [9.17, 15) is 0 Å². The van der Waals surface area contributed by atoms with E-state index in [0.29, 0.717) is 22.5 Å². The molecule has 2 heterocycles. The Labute approximate surface area is 170 Å². The van der Waals surface area contributed by atoms with Gasteiger partial charge in [-0.15, -0.1) is 10.2 Å². The Morgan fingerprint density at radius 2 is 1.89 bits per heavy atom. The van der Waals surface area contributed by atoms with Crippen LogP contribution in [0.1, 0.15) is 5.89 Å². The van der Waals surface area contributed by atoms with Crippen molar-refractivity contribution in [3.05, 3.63) is 59.4 Å². The fourth-order valence-electron chi connectivity index (χ4n) is 2.66. The Kier molecular flexibility index (Phi) is 5.31. The summed E-state index contributed by atoms with van der Waals surface area (Å²) in [5.41, 5.74) is 1.73. The molecular weight excluding hydrogens is 398 g/mol. The van der Waals surface area contributed by atoms with Gasteiger partial charge in [-0.05, 0) is 36.4 Å². The van der Waals surface area contributed by atoms with E-state index in [2.05, 4.69) is 20.3 Å². The molecule has 0 aliphatic rings. The van der Waals surface area contributed by atoms with Crippen LogP contribution in [0.2, 0.25) is 5.02 Å². The second-order valence-corrected chi connectivity index (χ2v) is 7.25. The summed E-state index contributed by atoms with van der Waals surface area (Å²) in [5.74, 6) is 3.00. The molecule has 0 amide bonds. The largest absolute Gasteiger partial charge is 0.496 e. The molecule has 0 saturated heterocycles. The van der Waals surface area contributed by atoms with Crippen molar-refractivity contribution < 1.29 is 9.26 Å². The minimum atomic E-state index is 0.485. The first-order valence-electron chi connectivity index (χ1n) is 8.40. The molecule has 7 nitrogen and oxygen atoms in total. The molecule has 142 valence electrons. The van der Waals surface area contributed by atoms with Crippen molar-refractivity contribution in [2.45, 2.75) is 10.9 Å². The maximum absolute atomic E-state index is 5.91. The molecule has 0 spiro atoms. The fourth-order valence-corrected chi connectivity index (χ4v) is 3.53. The summed E-state index contributed by atoms with van der Waals surface area (Å²) in [4.78, 5) is 4.43. The third kappa shape index (κ3) is 3.74.